The van der Waals surface area contributed by atoms with Crippen LogP contribution in [0.25, 0.3) is 27.4 Å². The van der Waals surface area contributed by atoms with Gasteiger partial charge in [-0.05, 0) is 30.7 Å². The molecule has 2 aromatic heterocycles. The first-order valence-electron chi connectivity index (χ1n) is 8.02. The lowest BCUT2D eigenvalue weighted by Gasteiger charge is -2.01. The molecule has 0 saturated heterocycles. The monoisotopic (exact) mass is 383 g/mol. The molecule has 0 aliphatic heterocycles. The van der Waals surface area contributed by atoms with E-state index >= 15 is 0 Å². The second-order valence-corrected chi connectivity index (χ2v) is 7.27. The van der Waals surface area contributed by atoms with Crippen LogP contribution in [-0.2, 0) is 11.2 Å². The molecule has 0 aliphatic rings. The van der Waals surface area contributed by atoms with Crippen molar-refractivity contribution < 1.29 is 9.90 Å². The Morgan fingerprint density at radius 1 is 1.15 bits per heavy atom. The van der Waals surface area contributed by atoms with E-state index in [0.717, 1.165) is 32.3 Å². The fourth-order valence-electron chi connectivity index (χ4n) is 2.78. The van der Waals surface area contributed by atoms with Crippen molar-refractivity contribution in [3.63, 3.8) is 0 Å². The number of thiazole rings is 1. The van der Waals surface area contributed by atoms with Crippen molar-refractivity contribution in [1.29, 1.82) is 0 Å². The summed E-state index contributed by atoms with van der Waals surface area (Å²) in [6, 6.07) is 15.3. The van der Waals surface area contributed by atoms with Crippen LogP contribution < -0.4 is 0 Å². The summed E-state index contributed by atoms with van der Waals surface area (Å²) < 4.78 is 1.93. The molecule has 2 aromatic carbocycles. The Kier molecular flexibility index (Phi) is 4.44. The predicted molar refractivity (Wildman–Crippen MR) is 103 cm³/mol. The number of halogens is 1. The normalized spacial score (nSPS) is 11.1. The largest absolute Gasteiger partial charge is 0.481 e. The van der Waals surface area contributed by atoms with Crippen molar-refractivity contribution in [2.45, 2.75) is 12.8 Å². The number of carboxylic acids is 1. The molecular formula is C19H14ClN3O2S. The zero-order chi connectivity index (χ0) is 18.1. The number of carboxylic acid groups (broad SMARTS) is 1. The number of rotatable bonds is 5. The molecule has 0 unspecified atom stereocenters. The maximum absolute atomic E-state index is 11.0. The zero-order valence-electron chi connectivity index (χ0n) is 13.6. The van der Waals surface area contributed by atoms with E-state index in [1.807, 2.05) is 53.1 Å². The van der Waals surface area contributed by atoms with Crippen LogP contribution in [0.2, 0.25) is 5.02 Å². The van der Waals surface area contributed by atoms with E-state index in [2.05, 4.69) is 4.98 Å². The van der Waals surface area contributed by atoms with Gasteiger partial charge in [0, 0.05) is 15.5 Å². The van der Waals surface area contributed by atoms with Crippen molar-refractivity contribution in [2.75, 3.05) is 0 Å². The average molecular weight is 384 g/mol. The van der Waals surface area contributed by atoms with Gasteiger partial charge in [0.1, 0.15) is 6.33 Å². The number of benzene rings is 2. The van der Waals surface area contributed by atoms with Crippen LogP contribution >= 0.6 is 22.9 Å². The quantitative estimate of drug-likeness (QED) is 0.536. The predicted octanol–water partition coefficient (Wildman–Crippen LogP) is 4.82. The SMILES string of the molecule is O=C(O)CCc1sc(-n2cnc3ccccc32)nc1-c1ccc(Cl)cc1. The number of hydrogen-bond acceptors (Lipinski definition) is 4. The molecule has 0 atom stereocenters. The molecule has 26 heavy (non-hydrogen) atoms. The van der Waals surface area contributed by atoms with Gasteiger partial charge in [-0.15, -0.1) is 11.3 Å². The van der Waals surface area contributed by atoms with Gasteiger partial charge in [-0.2, -0.15) is 0 Å². The smallest absolute Gasteiger partial charge is 0.303 e. The maximum atomic E-state index is 11.0. The first-order chi connectivity index (χ1) is 12.6. The van der Waals surface area contributed by atoms with Crippen LogP contribution in [0, 0.1) is 0 Å². The number of nitrogens with zero attached hydrogens (tertiary/aromatic N) is 3. The summed E-state index contributed by atoms with van der Waals surface area (Å²) in [5, 5.41) is 10.5. The summed E-state index contributed by atoms with van der Waals surface area (Å²) in [6.45, 7) is 0. The van der Waals surface area contributed by atoms with Crippen molar-refractivity contribution in [1.82, 2.24) is 14.5 Å². The number of carbonyl (C=O) groups is 1. The molecule has 7 heteroatoms. The van der Waals surface area contributed by atoms with Crippen LogP contribution in [0.5, 0.6) is 0 Å². The van der Waals surface area contributed by atoms with E-state index in [1.165, 1.54) is 11.3 Å². The Labute approximate surface area is 158 Å². The van der Waals surface area contributed by atoms with Gasteiger partial charge in [-0.1, -0.05) is 35.9 Å². The van der Waals surface area contributed by atoms with Crippen LogP contribution in [0.3, 0.4) is 0 Å². The number of aliphatic carboxylic acids is 1. The van der Waals surface area contributed by atoms with Crippen molar-refractivity contribution in [3.8, 4) is 16.4 Å². The molecule has 4 aromatic rings. The lowest BCUT2D eigenvalue weighted by atomic mass is 10.1. The van der Waals surface area contributed by atoms with Crippen molar-refractivity contribution >= 4 is 39.9 Å². The Balaban J connectivity index is 1.82. The van der Waals surface area contributed by atoms with E-state index in [0.29, 0.717) is 11.4 Å². The lowest BCUT2D eigenvalue weighted by Crippen LogP contribution is -1.97. The molecule has 130 valence electrons. The molecule has 2 heterocycles. The number of fused-ring (bicyclic) bond motifs is 1. The molecule has 0 radical (unpaired) electrons. The van der Waals surface area contributed by atoms with Crippen molar-refractivity contribution in [3.05, 3.63) is 64.8 Å². The van der Waals surface area contributed by atoms with E-state index in [4.69, 9.17) is 21.7 Å². The summed E-state index contributed by atoms with van der Waals surface area (Å²) in [4.78, 5) is 21.2. The van der Waals surface area contributed by atoms with Gasteiger partial charge in [0.25, 0.3) is 0 Å². The van der Waals surface area contributed by atoms with Gasteiger partial charge in [0.15, 0.2) is 5.13 Å². The molecule has 4 rings (SSSR count). The number of aromatic nitrogens is 3. The molecule has 0 aliphatic carbocycles. The Morgan fingerprint density at radius 3 is 2.69 bits per heavy atom. The summed E-state index contributed by atoms with van der Waals surface area (Å²) in [5.41, 5.74) is 3.57. The number of hydrogen-bond donors (Lipinski definition) is 1. The summed E-state index contributed by atoms with van der Waals surface area (Å²) >= 11 is 7.47. The highest BCUT2D eigenvalue weighted by Crippen LogP contribution is 2.33. The Hall–Kier alpha value is -2.70. The molecular weight excluding hydrogens is 370 g/mol. The van der Waals surface area contributed by atoms with E-state index < -0.39 is 5.97 Å². The van der Waals surface area contributed by atoms with Crippen LogP contribution in [0.4, 0.5) is 0 Å². The van der Waals surface area contributed by atoms with Gasteiger partial charge in [-0.3, -0.25) is 9.36 Å². The topological polar surface area (TPSA) is 68.0 Å². The number of aryl methyl sites for hydroxylation is 1. The third-order valence-corrected chi connectivity index (χ3v) is 5.40. The fraction of sp³-hybridized carbons (Fsp3) is 0.105. The van der Waals surface area contributed by atoms with Gasteiger partial charge < -0.3 is 5.11 Å². The molecule has 1 N–H and O–H groups in total. The number of para-hydroxylation sites is 2. The summed E-state index contributed by atoms with van der Waals surface area (Å²) in [7, 11) is 0. The maximum Gasteiger partial charge on any atom is 0.303 e. The van der Waals surface area contributed by atoms with E-state index in [9.17, 15) is 4.79 Å². The minimum Gasteiger partial charge on any atom is -0.481 e. The number of imidazole rings is 1. The van der Waals surface area contributed by atoms with E-state index in [-0.39, 0.29) is 6.42 Å². The Morgan fingerprint density at radius 2 is 1.92 bits per heavy atom. The third-order valence-electron chi connectivity index (χ3n) is 4.03. The minimum atomic E-state index is -0.824. The summed E-state index contributed by atoms with van der Waals surface area (Å²) in [6.07, 6.45) is 2.24. The highest BCUT2D eigenvalue weighted by molar-refractivity contribution is 7.14. The molecule has 0 saturated carbocycles. The second-order valence-electron chi connectivity index (χ2n) is 5.77. The van der Waals surface area contributed by atoms with Gasteiger partial charge in [0.05, 0.1) is 23.1 Å². The Bertz CT molecular complexity index is 1090. The molecule has 0 spiro atoms. The minimum absolute atomic E-state index is 0.0624. The first kappa shape index (κ1) is 16.8. The fourth-order valence-corrected chi connectivity index (χ4v) is 3.97. The third kappa shape index (κ3) is 3.21. The first-order valence-corrected chi connectivity index (χ1v) is 9.21. The highest BCUT2D eigenvalue weighted by atomic mass is 35.5. The van der Waals surface area contributed by atoms with Crippen LogP contribution in [-0.4, -0.2) is 25.6 Å². The van der Waals surface area contributed by atoms with E-state index in [1.54, 1.807) is 6.33 Å². The average Bonchev–Trinajstić information content (AvgIpc) is 3.24. The molecule has 5 nitrogen and oxygen atoms in total. The summed E-state index contributed by atoms with van der Waals surface area (Å²) in [5.74, 6) is -0.824. The van der Waals surface area contributed by atoms with Crippen LogP contribution in [0.1, 0.15) is 11.3 Å². The highest BCUT2D eigenvalue weighted by Gasteiger charge is 2.16. The lowest BCUT2D eigenvalue weighted by molar-refractivity contribution is -0.136. The second kappa shape index (κ2) is 6.90. The zero-order valence-corrected chi connectivity index (χ0v) is 15.2. The van der Waals surface area contributed by atoms with Gasteiger partial charge >= 0.3 is 5.97 Å². The van der Waals surface area contributed by atoms with Gasteiger partial charge in [0.2, 0.25) is 0 Å². The molecule has 0 bridgehead atoms. The van der Waals surface area contributed by atoms with Crippen molar-refractivity contribution in [2.24, 2.45) is 0 Å². The molecule has 0 fully saturated rings. The molecule has 0 amide bonds. The van der Waals surface area contributed by atoms with Crippen LogP contribution in [0.15, 0.2) is 54.9 Å². The standard InChI is InChI=1S/C19H14ClN3O2S/c20-13-7-5-12(6-8-13)18-16(9-10-17(24)25)26-19(22-18)23-11-21-14-3-1-2-4-15(14)23/h1-8,11H,9-10H2,(H,24,25). The van der Waals surface area contributed by atoms with Gasteiger partial charge in [-0.25, -0.2) is 9.97 Å².